The van der Waals surface area contributed by atoms with E-state index in [0.29, 0.717) is 45.6 Å². The van der Waals surface area contributed by atoms with Crippen molar-refractivity contribution >= 4 is 5.97 Å². The number of carbonyl (C=O) groups excluding carboxylic acids is 1. The molecule has 0 atom stereocenters. The Kier molecular flexibility index (Phi) is 5.67. The van der Waals surface area contributed by atoms with Crippen molar-refractivity contribution in [3.63, 3.8) is 0 Å². The van der Waals surface area contributed by atoms with Crippen LogP contribution in [0.1, 0.15) is 17.3 Å². The molecule has 0 saturated heterocycles. The van der Waals surface area contributed by atoms with E-state index in [1.54, 1.807) is 25.1 Å². The first kappa shape index (κ1) is 19.5. The summed E-state index contributed by atoms with van der Waals surface area (Å²) < 4.78 is 38.1. The largest absolute Gasteiger partial charge is 0.493 e. The van der Waals surface area contributed by atoms with Gasteiger partial charge < -0.3 is 33.2 Å². The highest BCUT2D eigenvalue weighted by atomic mass is 16.7. The molecule has 1 aliphatic heterocycles. The van der Waals surface area contributed by atoms with Gasteiger partial charge in [-0.1, -0.05) is 0 Å². The second-order valence-corrected chi connectivity index (χ2v) is 5.70. The maximum absolute atomic E-state index is 12.7. The van der Waals surface area contributed by atoms with Crippen molar-refractivity contribution < 1.29 is 38.0 Å². The first-order chi connectivity index (χ1) is 13.6. The Labute approximate surface area is 162 Å². The minimum absolute atomic E-state index is 0.0344. The second kappa shape index (κ2) is 8.16. The fourth-order valence-electron chi connectivity index (χ4n) is 3.09. The number of fused-ring (bicyclic) bond motifs is 1. The third-order valence-corrected chi connectivity index (χ3v) is 4.27. The fourth-order valence-corrected chi connectivity index (χ4v) is 3.09. The molecule has 0 N–H and O–H groups in total. The van der Waals surface area contributed by atoms with E-state index in [9.17, 15) is 4.79 Å². The van der Waals surface area contributed by atoms with Crippen LogP contribution in [0.2, 0.25) is 0 Å². The topological polar surface area (TPSA) is 81.7 Å². The molecule has 0 aliphatic carbocycles. The molecule has 28 heavy (non-hydrogen) atoms. The zero-order valence-electron chi connectivity index (χ0n) is 16.4. The van der Waals surface area contributed by atoms with E-state index in [2.05, 4.69) is 0 Å². The van der Waals surface area contributed by atoms with E-state index < -0.39 is 5.97 Å². The lowest BCUT2D eigenvalue weighted by atomic mass is 9.96. The summed E-state index contributed by atoms with van der Waals surface area (Å²) in [6, 6.07) is 5.04. The van der Waals surface area contributed by atoms with Gasteiger partial charge in [0.15, 0.2) is 23.0 Å². The minimum atomic E-state index is -0.511. The van der Waals surface area contributed by atoms with Crippen LogP contribution in [0.3, 0.4) is 0 Å². The molecular weight excluding hydrogens is 368 g/mol. The van der Waals surface area contributed by atoms with Crippen LogP contribution in [0, 0.1) is 0 Å². The summed E-state index contributed by atoms with van der Waals surface area (Å²) in [5.41, 5.74) is 1.36. The van der Waals surface area contributed by atoms with E-state index in [1.807, 2.05) is 0 Å². The Hall–Kier alpha value is -3.29. The van der Waals surface area contributed by atoms with E-state index in [0.717, 1.165) is 0 Å². The monoisotopic (exact) mass is 390 g/mol. The number of hydrogen-bond acceptors (Lipinski definition) is 8. The number of benzene rings is 2. The van der Waals surface area contributed by atoms with Crippen molar-refractivity contribution in [2.45, 2.75) is 6.92 Å². The van der Waals surface area contributed by atoms with Crippen LogP contribution in [0.25, 0.3) is 11.1 Å². The van der Waals surface area contributed by atoms with E-state index in [1.165, 1.54) is 28.4 Å². The smallest absolute Gasteiger partial charge is 0.339 e. The predicted octanol–water partition coefficient (Wildman–Crippen LogP) is 3.29. The summed E-state index contributed by atoms with van der Waals surface area (Å²) in [4.78, 5) is 12.7. The molecule has 1 heterocycles. The van der Waals surface area contributed by atoms with E-state index in [-0.39, 0.29) is 19.0 Å². The van der Waals surface area contributed by atoms with Crippen LogP contribution in [0.15, 0.2) is 18.2 Å². The summed E-state index contributed by atoms with van der Waals surface area (Å²) in [6.07, 6.45) is 0. The van der Waals surface area contributed by atoms with Crippen LogP contribution < -0.4 is 28.4 Å². The van der Waals surface area contributed by atoms with Gasteiger partial charge in [-0.2, -0.15) is 0 Å². The van der Waals surface area contributed by atoms with Crippen LogP contribution in [-0.4, -0.2) is 47.8 Å². The molecular formula is C20H22O8. The van der Waals surface area contributed by atoms with Crippen molar-refractivity contribution in [3.05, 3.63) is 23.8 Å². The number of carbonyl (C=O) groups is 1. The van der Waals surface area contributed by atoms with Crippen molar-refractivity contribution in [1.29, 1.82) is 0 Å². The van der Waals surface area contributed by atoms with Crippen LogP contribution in [0.4, 0.5) is 0 Å². The summed E-state index contributed by atoms with van der Waals surface area (Å²) in [6.45, 7) is 2.00. The molecule has 0 unspecified atom stereocenters. The molecule has 0 fully saturated rings. The summed E-state index contributed by atoms with van der Waals surface area (Å²) in [5, 5.41) is 0. The highest BCUT2D eigenvalue weighted by Crippen LogP contribution is 2.51. The molecule has 0 spiro atoms. The normalized spacial score (nSPS) is 11.8. The van der Waals surface area contributed by atoms with Crippen LogP contribution in [0.5, 0.6) is 34.5 Å². The van der Waals surface area contributed by atoms with Gasteiger partial charge in [0.1, 0.15) is 0 Å². The lowest BCUT2D eigenvalue weighted by molar-refractivity contribution is 0.0526. The Balaban J connectivity index is 2.33. The first-order valence-corrected chi connectivity index (χ1v) is 8.57. The number of rotatable bonds is 7. The highest BCUT2D eigenvalue weighted by molar-refractivity contribution is 6.01. The summed E-state index contributed by atoms with van der Waals surface area (Å²) in [5.74, 6) is 1.98. The molecule has 2 aromatic rings. The van der Waals surface area contributed by atoms with Gasteiger partial charge in [-0.05, 0) is 30.7 Å². The van der Waals surface area contributed by atoms with Crippen molar-refractivity contribution in [2.24, 2.45) is 0 Å². The van der Waals surface area contributed by atoms with Crippen molar-refractivity contribution in [1.82, 2.24) is 0 Å². The molecule has 0 amide bonds. The van der Waals surface area contributed by atoms with E-state index >= 15 is 0 Å². The van der Waals surface area contributed by atoms with Crippen molar-refractivity contribution in [3.8, 4) is 45.6 Å². The number of ether oxygens (including phenoxy) is 7. The maximum atomic E-state index is 12.7. The molecule has 150 valence electrons. The predicted molar refractivity (Wildman–Crippen MR) is 100 cm³/mol. The zero-order chi connectivity index (χ0) is 20.3. The lowest BCUT2D eigenvalue weighted by Crippen LogP contribution is -2.08. The zero-order valence-corrected chi connectivity index (χ0v) is 16.4. The second-order valence-electron chi connectivity index (χ2n) is 5.70. The summed E-state index contributed by atoms with van der Waals surface area (Å²) >= 11 is 0. The molecule has 1 aliphatic rings. The maximum Gasteiger partial charge on any atom is 0.339 e. The van der Waals surface area contributed by atoms with Crippen molar-refractivity contribution in [2.75, 3.05) is 41.8 Å². The summed E-state index contributed by atoms with van der Waals surface area (Å²) in [7, 11) is 6.05. The molecule has 3 rings (SSSR count). The highest BCUT2D eigenvalue weighted by Gasteiger charge is 2.30. The average Bonchev–Trinajstić information content (AvgIpc) is 3.19. The number of esters is 1. The Morgan fingerprint density at radius 3 is 2.11 bits per heavy atom. The molecule has 2 aromatic carbocycles. The number of hydrogen-bond donors (Lipinski definition) is 0. The van der Waals surface area contributed by atoms with Crippen LogP contribution in [-0.2, 0) is 4.74 Å². The molecule has 8 heteroatoms. The van der Waals surface area contributed by atoms with Crippen LogP contribution >= 0.6 is 0 Å². The van der Waals surface area contributed by atoms with Gasteiger partial charge in [0.25, 0.3) is 0 Å². The number of methoxy groups -OCH3 is 4. The van der Waals surface area contributed by atoms with Gasteiger partial charge in [-0.3, -0.25) is 0 Å². The van der Waals surface area contributed by atoms with Gasteiger partial charge >= 0.3 is 5.97 Å². The quantitative estimate of drug-likeness (QED) is 0.666. The third kappa shape index (κ3) is 3.21. The average molecular weight is 390 g/mol. The lowest BCUT2D eigenvalue weighted by Gasteiger charge is -2.18. The van der Waals surface area contributed by atoms with Gasteiger partial charge in [0.2, 0.25) is 18.3 Å². The van der Waals surface area contributed by atoms with Gasteiger partial charge in [0, 0.05) is 5.56 Å². The molecule has 8 nitrogen and oxygen atoms in total. The Morgan fingerprint density at radius 1 is 0.929 bits per heavy atom. The first-order valence-electron chi connectivity index (χ1n) is 8.57. The molecule has 0 bridgehead atoms. The molecule has 0 aromatic heterocycles. The minimum Gasteiger partial charge on any atom is -0.493 e. The Bertz CT molecular complexity index is 865. The molecule has 0 radical (unpaired) electrons. The fraction of sp³-hybridized carbons (Fsp3) is 0.350. The van der Waals surface area contributed by atoms with E-state index in [4.69, 9.17) is 33.2 Å². The SMILES string of the molecule is CCOC(=O)c1cc2c(c(OC)c1-c1cc(OC)c(OC)c(OC)c1)OCO2. The Morgan fingerprint density at radius 2 is 1.57 bits per heavy atom. The van der Waals surface area contributed by atoms with Gasteiger partial charge in [0.05, 0.1) is 40.6 Å². The van der Waals surface area contributed by atoms with Gasteiger partial charge in [-0.25, -0.2) is 4.79 Å². The molecule has 0 saturated carbocycles. The standard InChI is InChI=1S/C20H22O8/c1-6-26-20(21)12-9-15-18(28-10-27-15)19(25-5)16(12)11-7-13(22-2)17(24-4)14(8-11)23-3/h7-9H,6,10H2,1-5H3. The third-order valence-electron chi connectivity index (χ3n) is 4.27. The van der Waals surface area contributed by atoms with Gasteiger partial charge in [-0.15, -0.1) is 0 Å².